The molecular weight excluding hydrogens is 282 g/mol. The van der Waals surface area contributed by atoms with Crippen LogP contribution < -0.4 is 11.1 Å². The molecule has 0 atom stereocenters. The van der Waals surface area contributed by atoms with E-state index < -0.39 is 0 Å². The third kappa shape index (κ3) is 2.87. The van der Waals surface area contributed by atoms with Crippen molar-refractivity contribution >= 4 is 38.3 Å². The lowest BCUT2D eigenvalue weighted by atomic mass is 10.1. The summed E-state index contributed by atoms with van der Waals surface area (Å²) in [4.78, 5) is 16.6. The molecule has 0 aliphatic heterocycles. The van der Waals surface area contributed by atoms with Gasteiger partial charge in [-0.05, 0) is 42.3 Å². The number of rotatable bonds is 3. The summed E-state index contributed by atoms with van der Waals surface area (Å²) in [5, 5.41) is 3.42. The molecule has 3 aromatic rings. The van der Waals surface area contributed by atoms with Crippen molar-refractivity contribution < 1.29 is 4.79 Å². The minimum Gasteiger partial charge on any atom is -0.399 e. The molecule has 3 rings (SSSR count). The fourth-order valence-corrected chi connectivity index (χ4v) is 2.97. The minimum atomic E-state index is -0.148. The summed E-state index contributed by atoms with van der Waals surface area (Å²) < 4.78 is 0.964. The van der Waals surface area contributed by atoms with E-state index in [-0.39, 0.29) is 5.91 Å². The van der Waals surface area contributed by atoms with Gasteiger partial charge in [-0.2, -0.15) is 0 Å². The molecule has 2 aromatic carbocycles. The van der Waals surface area contributed by atoms with Crippen LogP contribution in [0.4, 0.5) is 10.8 Å². The number of nitrogen functional groups attached to an aromatic ring is 1. The summed E-state index contributed by atoms with van der Waals surface area (Å²) in [7, 11) is 0. The smallest absolute Gasteiger partial charge is 0.257 e. The maximum atomic E-state index is 12.2. The highest BCUT2D eigenvalue weighted by Crippen LogP contribution is 2.27. The van der Waals surface area contributed by atoms with Crippen LogP contribution in [0.1, 0.15) is 22.8 Å². The van der Waals surface area contributed by atoms with Crippen molar-refractivity contribution in [3.63, 3.8) is 0 Å². The molecule has 0 fully saturated rings. The summed E-state index contributed by atoms with van der Waals surface area (Å²) >= 11 is 1.42. The molecule has 0 bridgehead atoms. The maximum absolute atomic E-state index is 12.2. The molecule has 21 heavy (non-hydrogen) atoms. The monoisotopic (exact) mass is 297 g/mol. The molecule has 0 aliphatic carbocycles. The largest absolute Gasteiger partial charge is 0.399 e. The van der Waals surface area contributed by atoms with E-state index in [1.807, 2.05) is 36.4 Å². The van der Waals surface area contributed by atoms with Gasteiger partial charge in [-0.15, -0.1) is 0 Å². The number of hydrogen-bond donors (Lipinski definition) is 2. The molecule has 5 heteroatoms. The summed E-state index contributed by atoms with van der Waals surface area (Å²) in [6.07, 6.45) is 0.960. The first kappa shape index (κ1) is 13.6. The van der Waals surface area contributed by atoms with Crippen LogP contribution in [0.3, 0.4) is 0 Å². The van der Waals surface area contributed by atoms with Gasteiger partial charge in [0.15, 0.2) is 5.13 Å². The number of benzene rings is 2. The maximum Gasteiger partial charge on any atom is 0.257 e. The van der Waals surface area contributed by atoms with Crippen molar-refractivity contribution in [3.05, 3.63) is 53.6 Å². The molecular formula is C16H15N3OS. The molecule has 106 valence electrons. The van der Waals surface area contributed by atoms with Crippen LogP contribution in [0, 0.1) is 0 Å². The number of amides is 1. The Morgan fingerprint density at radius 1 is 1.24 bits per heavy atom. The number of nitrogens with two attached hydrogens (primary N) is 1. The number of thiazole rings is 1. The average Bonchev–Trinajstić information content (AvgIpc) is 2.88. The summed E-state index contributed by atoms with van der Waals surface area (Å²) in [5.41, 5.74) is 9.12. The van der Waals surface area contributed by atoms with Crippen molar-refractivity contribution in [1.82, 2.24) is 4.98 Å². The van der Waals surface area contributed by atoms with E-state index in [1.165, 1.54) is 16.9 Å². The summed E-state index contributed by atoms with van der Waals surface area (Å²) in [6, 6.07) is 13.1. The molecule has 1 aromatic heterocycles. The second-order valence-corrected chi connectivity index (χ2v) is 5.78. The fourth-order valence-electron chi connectivity index (χ4n) is 2.06. The van der Waals surface area contributed by atoms with Crippen molar-refractivity contribution in [2.45, 2.75) is 13.3 Å². The van der Waals surface area contributed by atoms with Crippen LogP contribution >= 0.6 is 11.3 Å². The lowest BCUT2D eigenvalue weighted by Gasteiger charge is -2.02. The number of anilines is 2. The predicted octanol–water partition coefficient (Wildman–Crippen LogP) is 3.69. The fraction of sp³-hybridized carbons (Fsp3) is 0.125. The Labute approximate surface area is 126 Å². The van der Waals surface area contributed by atoms with Crippen molar-refractivity contribution in [2.24, 2.45) is 0 Å². The number of aromatic nitrogens is 1. The number of fused-ring (bicyclic) bond motifs is 1. The number of carbonyl (C=O) groups excluding carboxylic acids is 1. The van der Waals surface area contributed by atoms with Gasteiger partial charge in [0.1, 0.15) is 0 Å². The highest BCUT2D eigenvalue weighted by atomic mass is 32.1. The molecule has 0 radical (unpaired) electrons. The van der Waals surface area contributed by atoms with Crippen molar-refractivity contribution in [3.8, 4) is 0 Å². The molecule has 3 N–H and O–H groups in total. The van der Waals surface area contributed by atoms with Gasteiger partial charge in [0.25, 0.3) is 5.91 Å². The van der Waals surface area contributed by atoms with Gasteiger partial charge in [-0.3, -0.25) is 10.1 Å². The molecule has 4 nitrogen and oxygen atoms in total. The van der Waals surface area contributed by atoms with E-state index in [0.717, 1.165) is 16.6 Å². The molecule has 0 saturated heterocycles. The number of carbonyl (C=O) groups is 1. The first-order chi connectivity index (χ1) is 10.2. The van der Waals surface area contributed by atoms with Crippen LogP contribution in [-0.2, 0) is 6.42 Å². The Balaban J connectivity index is 1.81. The van der Waals surface area contributed by atoms with Gasteiger partial charge in [-0.25, -0.2) is 4.98 Å². The summed E-state index contributed by atoms with van der Waals surface area (Å²) in [5.74, 6) is -0.148. The second kappa shape index (κ2) is 5.54. The lowest BCUT2D eigenvalue weighted by Crippen LogP contribution is -2.11. The Morgan fingerprint density at radius 3 is 2.71 bits per heavy atom. The average molecular weight is 297 g/mol. The van der Waals surface area contributed by atoms with Gasteiger partial charge < -0.3 is 5.73 Å². The van der Waals surface area contributed by atoms with E-state index in [2.05, 4.69) is 17.2 Å². The molecule has 0 saturated carbocycles. The zero-order valence-electron chi connectivity index (χ0n) is 11.6. The normalized spacial score (nSPS) is 10.7. The van der Waals surface area contributed by atoms with Gasteiger partial charge >= 0.3 is 0 Å². The van der Waals surface area contributed by atoms with Crippen LogP contribution in [0.2, 0.25) is 0 Å². The van der Waals surface area contributed by atoms with E-state index in [4.69, 9.17) is 5.73 Å². The van der Waals surface area contributed by atoms with Gasteiger partial charge in [0, 0.05) is 11.3 Å². The molecule has 0 spiro atoms. The molecule has 1 heterocycles. The molecule has 0 aliphatic rings. The topological polar surface area (TPSA) is 68.0 Å². The van der Waals surface area contributed by atoms with Gasteiger partial charge in [0.05, 0.1) is 10.2 Å². The van der Waals surface area contributed by atoms with Crippen molar-refractivity contribution in [2.75, 3.05) is 11.1 Å². The number of nitrogens with zero attached hydrogens (tertiary/aromatic N) is 1. The number of aryl methyl sites for hydroxylation is 1. The first-order valence-electron chi connectivity index (χ1n) is 6.72. The van der Waals surface area contributed by atoms with Gasteiger partial charge in [0.2, 0.25) is 0 Å². The van der Waals surface area contributed by atoms with Gasteiger partial charge in [-0.1, -0.05) is 30.4 Å². The lowest BCUT2D eigenvalue weighted by molar-refractivity contribution is 0.102. The van der Waals surface area contributed by atoms with E-state index in [0.29, 0.717) is 16.4 Å². The molecule has 0 unspecified atom stereocenters. The Kier molecular flexibility index (Phi) is 3.58. The highest BCUT2D eigenvalue weighted by Gasteiger charge is 2.10. The standard InChI is InChI=1S/C16H15N3OS/c1-2-10-3-5-11(6-4-10)15(20)19-16-18-13-8-7-12(17)9-14(13)21-16/h3-9H,2,17H2,1H3,(H,18,19,20). The molecule has 1 amide bonds. The van der Waals surface area contributed by atoms with E-state index >= 15 is 0 Å². The predicted molar refractivity (Wildman–Crippen MR) is 87.8 cm³/mol. The van der Waals surface area contributed by atoms with Crippen molar-refractivity contribution in [1.29, 1.82) is 0 Å². The van der Waals surface area contributed by atoms with E-state index in [9.17, 15) is 4.79 Å². The highest BCUT2D eigenvalue weighted by molar-refractivity contribution is 7.22. The minimum absolute atomic E-state index is 0.148. The zero-order valence-corrected chi connectivity index (χ0v) is 12.4. The number of hydrogen-bond acceptors (Lipinski definition) is 4. The Hall–Kier alpha value is -2.40. The third-order valence-corrected chi connectivity index (χ3v) is 4.19. The Morgan fingerprint density at radius 2 is 2.00 bits per heavy atom. The quantitative estimate of drug-likeness (QED) is 0.724. The second-order valence-electron chi connectivity index (χ2n) is 4.75. The zero-order chi connectivity index (χ0) is 14.8. The van der Waals surface area contributed by atoms with E-state index in [1.54, 1.807) is 6.07 Å². The SMILES string of the molecule is CCc1ccc(C(=O)Nc2nc3ccc(N)cc3s2)cc1. The number of nitrogens with one attached hydrogen (secondary N) is 1. The van der Waals surface area contributed by atoms with Crippen LogP contribution in [0.15, 0.2) is 42.5 Å². The van der Waals surface area contributed by atoms with Crippen LogP contribution in [-0.4, -0.2) is 10.9 Å². The summed E-state index contributed by atoms with van der Waals surface area (Å²) in [6.45, 7) is 2.09. The Bertz CT molecular complexity index is 793. The first-order valence-corrected chi connectivity index (χ1v) is 7.53. The van der Waals surface area contributed by atoms with Crippen LogP contribution in [0.25, 0.3) is 10.2 Å². The van der Waals surface area contributed by atoms with Crippen LogP contribution in [0.5, 0.6) is 0 Å². The third-order valence-electron chi connectivity index (χ3n) is 3.26.